The van der Waals surface area contributed by atoms with Gasteiger partial charge in [0.25, 0.3) is 17.7 Å². The molecule has 0 N–H and O–H groups in total. The van der Waals surface area contributed by atoms with Crippen LogP contribution < -0.4 is 4.90 Å². The van der Waals surface area contributed by atoms with Crippen molar-refractivity contribution in [1.29, 1.82) is 0 Å². The molecule has 7 heteroatoms. The number of anilines is 1. The fraction of sp³-hybridized carbons (Fsp3) is 0.333. The third-order valence-corrected chi connectivity index (χ3v) is 6.57. The van der Waals surface area contributed by atoms with Crippen LogP contribution in [-0.4, -0.2) is 65.2 Å². The van der Waals surface area contributed by atoms with Crippen LogP contribution in [0.1, 0.15) is 50.5 Å². The summed E-state index contributed by atoms with van der Waals surface area (Å²) < 4.78 is 0. The molecule has 1 saturated heterocycles. The molecule has 34 heavy (non-hydrogen) atoms. The number of imide groups is 1. The zero-order valence-electron chi connectivity index (χ0n) is 19.7. The van der Waals surface area contributed by atoms with E-state index < -0.39 is 0 Å². The third kappa shape index (κ3) is 3.81. The molecule has 174 valence electrons. The Bertz CT molecular complexity index is 1310. The van der Waals surface area contributed by atoms with E-state index in [2.05, 4.69) is 24.0 Å². The first-order valence-electron chi connectivity index (χ1n) is 11.7. The number of pyridine rings is 1. The number of amides is 3. The first kappa shape index (κ1) is 22.1. The Kier molecular flexibility index (Phi) is 5.55. The van der Waals surface area contributed by atoms with Gasteiger partial charge < -0.3 is 9.80 Å². The molecule has 1 aromatic heterocycles. The van der Waals surface area contributed by atoms with Gasteiger partial charge in [-0.3, -0.25) is 19.3 Å². The van der Waals surface area contributed by atoms with E-state index in [-0.39, 0.29) is 23.6 Å². The minimum Gasteiger partial charge on any atom is -0.353 e. The predicted octanol–water partition coefficient (Wildman–Crippen LogP) is 3.76. The summed E-state index contributed by atoms with van der Waals surface area (Å²) in [5.74, 6) is 0.397. The summed E-state index contributed by atoms with van der Waals surface area (Å²) >= 11 is 0. The number of aromatic nitrogens is 1. The van der Waals surface area contributed by atoms with Crippen LogP contribution in [0.15, 0.2) is 48.5 Å². The molecule has 2 aliphatic heterocycles. The van der Waals surface area contributed by atoms with Crippen molar-refractivity contribution in [2.45, 2.75) is 20.8 Å². The van der Waals surface area contributed by atoms with Crippen LogP contribution in [0, 0.1) is 12.8 Å². The largest absolute Gasteiger partial charge is 0.353 e. The Labute approximate surface area is 199 Å². The fourth-order valence-corrected chi connectivity index (χ4v) is 4.77. The fourth-order valence-electron chi connectivity index (χ4n) is 4.77. The van der Waals surface area contributed by atoms with Crippen molar-refractivity contribution >= 4 is 34.4 Å². The molecule has 0 unspecified atom stereocenters. The van der Waals surface area contributed by atoms with Gasteiger partial charge in [0, 0.05) is 43.7 Å². The van der Waals surface area contributed by atoms with E-state index in [0.29, 0.717) is 49.4 Å². The molecule has 0 atom stereocenters. The molecule has 2 aromatic carbocycles. The zero-order chi connectivity index (χ0) is 24.0. The van der Waals surface area contributed by atoms with Gasteiger partial charge >= 0.3 is 0 Å². The smallest absolute Gasteiger partial charge is 0.261 e. The number of para-hydroxylation sites is 1. The van der Waals surface area contributed by atoms with E-state index in [1.165, 1.54) is 10.5 Å². The lowest BCUT2D eigenvalue weighted by Crippen LogP contribution is -2.49. The molecular formula is C27H28N4O3. The summed E-state index contributed by atoms with van der Waals surface area (Å²) in [4.78, 5) is 48.7. The van der Waals surface area contributed by atoms with Crippen molar-refractivity contribution in [3.05, 3.63) is 70.8 Å². The summed E-state index contributed by atoms with van der Waals surface area (Å²) in [6.07, 6.45) is 0. The van der Waals surface area contributed by atoms with Crippen LogP contribution in [0.3, 0.4) is 0 Å². The number of hydrogen-bond acceptors (Lipinski definition) is 5. The number of carbonyl (C=O) groups excluding carboxylic acids is 3. The lowest BCUT2D eigenvalue weighted by molar-refractivity contribution is 0.0635. The average Bonchev–Trinajstić information content (AvgIpc) is 3.07. The Morgan fingerprint density at radius 1 is 0.941 bits per heavy atom. The van der Waals surface area contributed by atoms with E-state index in [9.17, 15) is 14.4 Å². The van der Waals surface area contributed by atoms with Crippen molar-refractivity contribution in [3.63, 3.8) is 0 Å². The van der Waals surface area contributed by atoms with Gasteiger partial charge in [0.15, 0.2) is 0 Å². The standard InChI is InChI=1S/C27H28N4O3/c1-17(2)16-31-26(33)21-9-8-19(15-22(21)27(31)34)25(32)30-12-10-29(11-13-30)24-14-18(3)20-6-4-5-7-23(20)28-24/h4-9,14-15,17H,10-13,16H2,1-3H3. The van der Waals surface area contributed by atoms with Crippen molar-refractivity contribution in [3.8, 4) is 0 Å². The summed E-state index contributed by atoms with van der Waals surface area (Å²) in [6.45, 7) is 8.89. The topological polar surface area (TPSA) is 73.8 Å². The quantitative estimate of drug-likeness (QED) is 0.559. The minimum atomic E-state index is -0.314. The lowest BCUT2D eigenvalue weighted by Gasteiger charge is -2.35. The van der Waals surface area contributed by atoms with Crippen LogP contribution in [-0.2, 0) is 0 Å². The number of piperazine rings is 1. The van der Waals surface area contributed by atoms with Crippen LogP contribution >= 0.6 is 0 Å². The Morgan fingerprint density at radius 2 is 1.65 bits per heavy atom. The summed E-state index contributed by atoms with van der Waals surface area (Å²) in [5, 5.41) is 1.15. The number of fused-ring (bicyclic) bond motifs is 2. The second kappa shape index (κ2) is 8.56. The molecule has 3 heterocycles. The van der Waals surface area contributed by atoms with Crippen molar-refractivity contribution in [2.24, 2.45) is 5.92 Å². The van der Waals surface area contributed by atoms with Crippen molar-refractivity contribution in [2.75, 3.05) is 37.6 Å². The zero-order valence-corrected chi connectivity index (χ0v) is 19.7. The van der Waals surface area contributed by atoms with E-state index in [0.717, 1.165) is 16.7 Å². The molecule has 0 aliphatic carbocycles. The predicted molar refractivity (Wildman–Crippen MR) is 131 cm³/mol. The minimum absolute atomic E-state index is 0.118. The molecule has 2 aliphatic rings. The average molecular weight is 457 g/mol. The molecular weight excluding hydrogens is 428 g/mol. The molecule has 0 bridgehead atoms. The van der Waals surface area contributed by atoms with Gasteiger partial charge in [-0.15, -0.1) is 0 Å². The van der Waals surface area contributed by atoms with E-state index >= 15 is 0 Å². The van der Waals surface area contributed by atoms with Crippen LogP contribution in [0.5, 0.6) is 0 Å². The van der Waals surface area contributed by atoms with Crippen LogP contribution in [0.25, 0.3) is 10.9 Å². The highest BCUT2D eigenvalue weighted by Crippen LogP contribution is 2.26. The SMILES string of the molecule is Cc1cc(N2CCN(C(=O)c3ccc4c(c3)C(=O)N(CC(C)C)C4=O)CC2)nc2ccccc12. The van der Waals surface area contributed by atoms with Gasteiger partial charge in [-0.2, -0.15) is 0 Å². The number of rotatable bonds is 4. The van der Waals surface area contributed by atoms with E-state index in [4.69, 9.17) is 4.98 Å². The second-order valence-electron chi connectivity index (χ2n) is 9.47. The van der Waals surface area contributed by atoms with Crippen molar-refractivity contribution in [1.82, 2.24) is 14.8 Å². The van der Waals surface area contributed by atoms with Gasteiger partial charge in [-0.1, -0.05) is 32.0 Å². The van der Waals surface area contributed by atoms with Crippen LogP contribution in [0.2, 0.25) is 0 Å². The molecule has 3 amide bonds. The summed E-state index contributed by atoms with van der Waals surface area (Å²) in [7, 11) is 0. The van der Waals surface area contributed by atoms with Gasteiger partial charge in [-0.05, 0) is 48.7 Å². The highest BCUT2D eigenvalue weighted by atomic mass is 16.2. The molecule has 0 saturated carbocycles. The van der Waals surface area contributed by atoms with Gasteiger partial charge in [0.1, 0.15) is 5.82 Å². The number of hydrogen-bond donors (Lipinski definition) is 0. The second-order valence-corrected chi connectivity index (χ2v) is 9.47. The van der Waals surface area contributed by atoms with Crippen LogP contribution in [0.4, 0.5) is 5.82 Å². The molecule has 3 aromatic rings. The Balaban J connectivity index is 1.30. The Morgan fingerprint density at radius 3 is 2.38 bits per heavy atom. The van der Waals surface area contributed by atoms with E-state index in [1.807, 2.05) is 32.0 Å². The molecule has 5 rings (SSSR count). The monoisotopic (exact) mass is 456 g/mol. The molecule has 1 fully saturated rings. The number of carbonyl (C=O) groups is 3. The maximum Gasteiger partial charge on any atom is 0.261 e. The summed E-state index contributed by atoms with van der Waals surface area (Å²) in [5.41, 5.74) is 3.30. The maximum atomic E-state index is 13.2. The summed E-state index contributed by atoms with van der Waals surface area (Å²) in [6, 6.07) is 15.1. The van der Waals surface area contributed by atoms with Gasteiger partial charge in [0.05, 0.1) is 16.6 Å². The highest BCUT2D eigenvalue weighted by Gasteiger charge is 2.36. The Hall–Kier alpha value is -3.74. The third-order valence-electron chi connectivity index (χ3n) is 6.57. The molecule has 0 spiro atoms. The molecule has 7 nitrogen and oxygen atoms in total. The van der Waals surface area contributed by atoms with Gasteiger partial charge in [-0.25, -0.2) is 4.98 Å². The van der Waals surface area contributed by atoms with Crippen molar-refractivity contribution < 1.29 is 14.4 Å². The molecule has 0 radical (unpaired) electrons. The van der Waals surface area contributed by atoms with E-state index in [1.54, 1.807) is 23.1 Å². The first-order chi connectivity index (χ1) is 16.3. The highest BCUT2D eigenvalue weighted by molar-refractivity contribution is 6.22. The lowest BCUT2D eigenvalue weighted by atomic mass is 10.0. The normalized spacial score (nSPS) is 16.1. The van der Waals surface area contributed by atoms with Gasteiger partial charge in [0.2, 0.25) is 0 Å². The number of aryl methyl sites for hydroxylation is 1. The maximum absolute atomic E-state index is 13.2. The first-order valence-corrected chi connectivity index (χ1v) is 11.7. The number of benzene rings is 2. The number of nitrogens with zero attached hydrogens (tertiary/aromatic N) is 4.